The van der Waals surface area contributed by atoms with E-state index in [9.17, 15) is 9.90 Å². The molecule has 5 nitrogen and oxygen atoms in total. The van der Waals surface area contributed by atoms with Crippen molar-refractivity contribution in [2.24, 2.45) is 0 Å². The van der Waals surface area contributed by atoms with Crippen molar-refractivity contribution in [1.82, 2.24) is 14.2 Å². The van der Waals surface area contributed by atoms with E-state index >= 15 is 0 Å². The van der Waals surface area contributed by atoms with E-state index in [1.165, 1.54) is 4.57 Å². The summed E-state index contributed by atoms with van der Waals surface area (Å²) in [4.78, 5) is 12.8. The molecule has 1 N–H and O–H groups in total. The molecule has 0 aliphatic rings. The number of nitrogens with zero attached hydrogens (tertiary/aromatic N) is 3. The number of halogens is 2. The van der Waals surface area contributed by atoms with Crippen LogP contribution in [0.5, 0.6) is 0 Å². The molecule has 0 fully saturated rings. The summed E-state index contributed by atoms with van der Waals surface area (Å²) >= 11 is 9.58. The van der Waals surface area contributed by atoms with Crippen molar-refractivity contribution >= 4 is 33.0 Å². The maximum atomic E-state index is 12.8. The molecular weight excluding hydrogens is 430 g/mol. The van der Waals surface area contributed by atoms with Crippen molar-refractivity contribution in [3.05, 3.63) is 92.4 Å². The molecule has 0 saturated carbocycles. The number of rotatable bonds is 4. The maximum absolute atomic E-state index is 12.8. The predicted molar refractivity (Wildman–Crippen MR) is 109 cm³/mol. The lowest BCUT2D eigenvalue weighted by Crippen LogP contribution is -2.24. The van der Waals surface area contributed by atoms with Crippen LogP contribution in [0, 0.1) is 0 Å². The van der Waals surface area contributed by atoms with Crippen molar-refractivity contribution in [2.45, 2.75) is 12.6 Å². The van der Waals surface area contributed by atoms with E-state index in [-0.39, 0.29) is 12.1 Å². The quantitative estimate of drug-likeness (QED) is 0.510. The van der Waals surface area contributed by atoms with Gasteiger partial charge in [-0.1, -0.05) is 57.9 Å². The highest BCUT2D eigenvalue weighted by Gasteiger charge is 2.15. The van der Waals surface area contributed by atoms with Gasteiger partial charge in [0, 0.05) is 33.0 Å². The Bertz CT molecular complexity index is 1190. The zero-order valence-electron chi connectivity index (χ0n) is 14.1. The molecule has 0 bridgehead atoms. The summed E-state index contributed by atoms with van der Waals surface area (Å²) in [6, 6.07) is 16.6. The minimum absolute atomic E-state index is 0.108. The van der Waals surface area contributed by atoms with E-state index in [1.807, 2.05) is 24.3 Å². The van der Waals surface area contributed by atoms with E-state index in [0.29, 0.717) is 21.8 Å². The normalized spacial score (nSPS) is 12.4. The van der Waals surface area contributed by atoms with E-state index < -0.39 is 6.10 Å². The lowest BCUT2D eigenvalue weighted by Gasteiger charge is -2.14. The largest absolute Gasteiger partial charge is 0.386 e. The number of aliphatic hydroxyl groups excluding tert-OH is 1. The number of hydrogen-bond acceptors (Lipinski definition) is 3. The third kappa shape index (κ3) is 3.56. The molecule has 2 aromatic heterocycles. The Balaban J connectivity index is 1.70. The first-order chi connectivity index (χ1) is 13.0. The second-order valence-corrected chi connectivity index (χ2v) is 7.49. The highest BCUT2D eigenvalue weighted by Crippen LogP contribution is 2.24. The Morgan fingerprint density at radius 3 is 2.70 bits per heavy atom. The van der Waals surface area contributed by atoms with Crippen LogP contribution in [0.3, 0.4) is 0 Å². The summed E-state index contributed by atoms with van der Waals surface area (Å²) in [5.74, 6) is 0. The first-order valence-electron chi connectivity index (χ1n) is 8.30. The number of hydrogen-bond donors (Lipinski definition) is 1. The van der Waals surface area contributed by atoms with Gasteiger partial charge in [-0.05, 0) is 24.3 Å². The van der Waals surface area contributed by atoms with E-state index in [2.05, 4.69) is 21.0 Å². The molecule has 4 aromatic rings. The van der Waals surface area contributed by atoms with Crippen LogP contribution in [0.4, 0.5) is 0 Å². The average molecular weight is 445 g/mol. The van der Waals surface area contributed by atoms with Gasteiger partial charge in [0.15, 0.2) is 0 Å². The van der Waals surface area contributed by atoms with Gasteiger partial charge in [-0.2, -0.15) is 5.10 Å². The molecule has 0 amide bonds. The van der Waals surface area contributed by atoms with Crippen LogP contribution in [-0.4, -0.2) is 19.3 Å². The molecule has 1 unspecified atom stereocenters. The average Bonchev–Trinajstić information content (AvgIpc) is 3.09. The molecule has 0 radical (unpaired) electrons. The smallest absolute Gasteiger partial charge is 0.276 e. The standard InChI is InChI=1S/C20H15BrClN3O2/c21-14-5-3-4-13(10-14)17-11-18-20(27)24(8-9-25(18)23-17)12-19(26)15-6-1-2-7-16(15)22/h1-11,19,26H,12H2. The zero-order chi connectivity index (χ0) is 19.0. The summed E-state index contributed by atoms with van der Waals surface area (Å²) in [5.41, 5.74) is 2.43. The van der Waals surface area contributed by atoms with Crippen LogP contribution in [0.25, 0.3) is 16.8 Å². The van der Waals surface area contributed by atoms with Crippen LogP contribution in [-0.2, 0) is 6.54 Å². The first kappa shape index (κ1) is 18.0. The van der Waals surface area contributed by atoms with Crippen LogP contribution < -0.4 is 5.56 Å². The van der Waals surface area contributed by atoms with Gasteiger partial charge in [0.05, 0.1) is 18.3 Å². The van der Waals surface area contributed by atoms with Gasteiger partial charge < -0.3 is 9.67 Å². The summed E-state index contributed by atoms with van der Waals surface area (Å²) < 4.78 is 3.96. The van der Waals surface area contributed by atoms with Crippen molar-refractivity contribution in [3.63, 3.8) is 0 Å². The molecule has 2 aromatic carbocycles. The lowest BCUT2D eigenvalue weighted by atomic mass is 10.1. The number of fused-ring (bicyclic) bond motifs is 1. The predicted octanol–water partition coefficient (Wildman–Crippen LogP) is 4.31. The van der Waals surface area contributed by atoms with Crippen molar-refractivity contribution in [2.75, 3.05) is 0 Å². The Labute approximate surface area is 168 Å². The molecule has 0 spiro atoms. The van der Waals surface area contributed by atoms with Crippen molar-refractivity contribution < 1.29 is 5.11 Å². The molecule has 0 aliphatic heterocycles. The molecule has 2 heterocycles. The van der Waals surface area contributed by atoms with Gasteiger partial charge >= 0.3 is 0 Å². The van der Waals surface area contributed by atoms with Crippen LogP contribution in [0.1, 0.15) is 11.7 Å². The fourth-order valence-corrected chi connectivity index (χ4v) is 3.65. The maximum Gasteiger partial charge on any atom is 0.276 e. The third-order valence-corrected chi connectivity index (χ3v) is 5.20. The Kier molecular flexibility index (Phi) is 4.86. The summed E-state index contributed by atoms with van der Waals surface area (Å²) in [7, 11) is 0. The van der Waals surface area contributed by atoms with Gasteiger partial charge in [-0.3, -0.25) is 4.79 Å². The molecule has 27 heavy (non-hydrogen) atoms. The van der Waals surface area contributed by atoms with E-state index in [4.69, 9.17) is 11.6 Å². The Hall–Kier alpha value is -2.41. The van der Waals surface area contributed by atoms with Crippen molar-refractivity contribution in [1.29, 1.82) is 0 Å². The van der Waals surface area contributed by atoms with E-state index in [1.54, 1.807) is 47.2 Å². The number of aliphatic hydroxyl groups is 1. The summed E-state index contributed by atoms with van der Waals surface area (Å²) in [5, 5.41) is 15.4. The minimum Gasteiger partial charge on any atom is -0.386 e. The molecular formula is C20H15BrClN3O2. The second kappa shape index (κ2) is 7.31. The lowest BCUT2D eigenvalue weighted by molar-refractivity contribution is 0.155. The highest BCUT2D eigenvalue weighted by molar-refractivity contribution is 9.10. The van der Waals surface area contributed by atoms with Crippen LogP contribution in [0.15, 0.2) is 76.3 Å². The summed E-state index contributed by atoms with van der Waals surface area (Å²) in [6.45, 7) is 0.108. The van der Waals surface area contributed by atoms with Crippen LogP contribution >= 0.6 is 27.5 Å². The van der Waals surface area contributed by atoms with Gasteiger partial charge in [-0.25, -0.2) is 4.52 Å². The summed E-state index contributed by atoms with van der Waals surface area (Å²) in [6.07, 6.45) is 2.44. The highest BCUT2D eigenvalue weighted by atomic mass is 79.9. The minimum atomic E-state index is -0.883. The fourth-order valence-electron chi connectivity index (χ4n) is 2.99. The molecule has 0 aliphatic carbocycles. The molecule has 0 saturated heterocycles. The van der Waals surface area contributed by atoms with Gasteiger partial charge in [0.1, 0.15) is 5.52 Å². The van der Waals surface area contributed by atoms with Gasteiger partial charge in [0.2, 0.25) is 0 Å². The number of aromatic nitrogens is 3. The van der Waals surface area contributed by atoms with Gasteiger partial charge in [0.25, 0.3) is 5.56 Å². The SMILES string of the molecule is O=c1c2cc(-c3cccc(Br)c3)nn2ccn1CC(O)c1ccccc1Cl. The first-order valence-corrected chi connectivity index (χ1v) is 9.47. The third-order valence-electron chi connectivity index (χ3n) is 4.36. The topological polar surface area (TPSA) is 59.5 Å². The molecule has 1 atom stereocenters. The van der Waals surface area contributed by atoms with E-state index in [0.717, 1.165) is 10.0 Å². The molecule has 7 heteroatoms. The Morgan fingerprint density at radius 2 is 1.93 bits per heavy atom. The van der Waals surface area contributed by atoms with Crippen LogP contribution in [0.2, 0.25) is 5.02 Å². The fraction of sp³-hybridized carbons (Fsp3) is 0.100. The molecule has 136 valence electrons. The second-order valence-electron chi connectivity index (χ2n) is 6.16. The van der Waals surface area contributed by atoms with Gasteiger partial charge in [-0.15, -0.1) is 0 Å². The number of benzene rings is 2. The zero-order valence-corrected chi connectivity index (χ0v) is 16.4. The monoisotopic (exact) mass is 443 g/mol. The Morgan fingerprint density at radius 1 is 1.11 bits per heavy atom. The van der Waals surface area contributed by atoms with Crippen molar-refractivity contribution in [3.8, 4) is 11.3 Å². The molecule has 4 rings (SSSR count).